The van der Waals surface area contributed by atoms with E-state index in [2.05, 4.69) is 4.72 Å². The van der Waals surface area contributed by atoms with Crippen molar-refractivity contribution < 1.29 is 30.2 Å². The monoisotopic (exact) mass is 347 g/mol. The molecule has 1 N–H and O–H groups in total. The lowest BCUT2D eigenvalue weighted by molar-refractivity contribution is -0.137. The Bertz CT molecular complexity index is 861. The van der Waals surface area contributed by atoms with Crippen molar-refractivity contribution >= 4 is 10.3 Å². The lowest BCUT2D eigenvalue weighted by Crippen LogP contribution is -2.32. The van der Waals surface area contributed by atoms with E-state index in [0.29, 0.717) is 0 Å². The predicted octanol–water partition coefficient (Wildman–Crippen LogP) is 3.24. The number of halogens is 4. The molecular weight excluding hydrogens is 338 g/mol. The largest absolute Gasteiger partial charge is 0.416 e. The normalized spacial score (nSPS) is 16.5. The van der Waals surface area contributed by atoms with Crippen LogP contribution in [0.3, 0.4) is 0 Å². The minimum atomic E-state index is -4.50. The van der Waals surface area contributed by atoms with Crippen LogP contribution >= 0.6 is 0 Å². The van der Waals surface area contributed by atoms with Crippen LogP contribution in [0.5, 0.6) is 5.75 Å². The number of benzene rings is 2. The molecule has 0 saturated carbocycles. The van der Waals surface area contributed by atoms with Gasteiger partial charge in [-0.2, -0.15) is 26.3 Å². The average Bonchev–Trinajstić information content (AvgIpc) is 2.46. The summed E-state index contributed by atoms with van der Waals surface area (Å²) in [7, 11) is -4.02. The molecule has 0 bridgehead atoms. The van der Waals surface area contributed by atoms with Crippen LogP contribution in [0.15, 0.2) is 36.4 Å². The molecule has 0 saturated heterocycles. The molecule has 9 heteroatoms. The van der Waals surface area contributed by atoms with E-state index in [0.717, 1.165) is 36.4 Å². The zero-order valence-electron chi connectivity index (χ0n) is 11.3. The number of hydrogen-bond acceptors (Lipinski definition) is 3. The third kappa shape index (κ3) is 3.15. The van der Waals surface area contributed by atoms with Crippen LogP contribution in [0.25, 0.3) is 11.1 Å². The first-order chi connectivity index (χ1) is 10.7. The average molecular weight is 347 g/mol. The minimum absolute atomic E-state index is 0.0683. The van der Waals surface area contributed by atoms with Crippen molar-refractivity contribution in [1.82, 2.24) is 4.72 Å². The van der Waals surface area contributed by atoms with E-state index in [1.165, 1.54) is 0 Å². The smallest absolute Gasteiger partial charge is 0.370 e. The number of rotatable bonds is 1. The van der Waals surface area contributed by atoms with Crippen molar-refractivity contribution in [2.75, 3.05) is 0 Å². The van der Waals surface area contributed by atoms with Gasteiger partial charge in [-0.25, -0.2) is 4.39 Å². The van der Waals surface area contributed by atoms with E-state index >= 15 is 0 Å². The second-order valence-electron chi connectivity index (χ2n) is 4.88. The third-order valence-corrected chi connectivity index (χ3v) is 4.17. The standard InChI is InChI=1S/C14H9F4NO3S/c15-11-5-9-7-19-23(20,21)22-13(9)12(6-11)8-1-3-10(4-2-8)14(16,17)18/h1-6,19H,7H2. The maximum Gasteiger partial charge on any atom is 0.416 e. The molecule has 0 aliphatic carbocycles. The summed E-state index contributed by atoms with van der Waals surface area (Å²) in [4.78, 5) is 0. The Morgan fingerprint density at radius 2 is 1.74 bits per heavy atom. The van der Waals surface area contributed by atoms with Gasteiger partial charge in [0.25, 0.3) is 0 Å². The van der Waals surface area contributed by atoms with Crippen LogP contribution in [-0.4, -0.2) is 8.42 Å². The van der Waals surface area contributed by atoms with Crippen LogP contribution in [0.1, 0.15) is 11.1 Å². The summed E-state index contributed by atoms with van der Waals surface area (Å²) in [6.45, 7) is -0.164. The number of nitrogens with one attached hydrogen (secondary N) is 1. The summed E-state index contributed by atoms with van der Waals surface area (Å²) in [5.41, 5.74) is -0.318. The van der Waals surface area contributed by atoms with Gasteiger partial charge in [0, 0.05) is 17.7 Å². The lowest BCUT2D eigenvalue weighted by Gasteiger charge is -2.21. The van der Waals surface area contributed by atoms with E-state index < -0.39 is 27.9 Å². The van der Waals surface area contributed by atoms with Gasteiger partial charge >= 0.3 is 16.5 Å². The second-order valence-corrected chi connectivity index (χ2v) is 6.24. The van der Waals surface area contributed by atoms with Crippen LogP contribution in [0.4, 0.5) is 17.6 Å². The fourth-order valence-electron chi connectivity index (χ4n) is 2.24. The summed E-state index contributed by atoms with van der Waals surface area (Å²) in [6, 6.07) is 6.06. The molecule has 0 aromatic heterocycles. The topological polar surface area (TPSA) is 55.4 Å². The van der Waals surface area contributed by atoms with Crippen LogP contribution in [0.2, 0.25) is 0 Å². The van der Waals surface area contributed by atoms with Gasteiger partial charge in [0.05, 0.1) is 5.56 Å². The van der Waals surface area contributed by atoms with E-state index in [9.17, 15) is 26.0 Å². The predicted molar refractivity (Wildman–Crippen MR) is 73.2 cm³/mol. The molecule has 2 aromatic carbocycles. The Labute approximate surface area is 129 Å². The molecule has 122 valence electrons. The van der Waals surface area contributed by atoms with Gasteiger partial charge in [-0.1, -0.05) is 12.1 Å². The highest BCUT2D eigenvalue weighted by molar-refractivity contribution is 7.85. The highest BCUT2D eigenvalue weighted by atomic mass is 32.2. The van der Waals surface area contributed by atoms with Crippen LogP contribution in [0, 0.1) is 5.82 Å². The van der Waals surface area contributed by atoms with E-state index in [4.69, 9.17) is 4.18 Å². The van der Waals surface area contributed by atoms with Gasteiger partial charge in [0.2, 0.25) is 0 Å². The molecule has 0 atom stereocenters. The third-order valence-electron chi connectivity index (χ3n) is 3.29. The first kappa shape index (κ1) is 15.8. The van der Waals surface area contributed by atoms with Crippen molar-refractivity contribution in [3.63, 3.8) is 0 Å². The summed E-state index contributed by atoms with van der Waals surface area (Å²) in [5.74, 6) is -0.742. The molecule has 1 aliphatic rings. The Morgan fingerprint density at radius 3 is 2.35 bits per heavy atom. The van der Waals surface area contributed by atoms with Gasteiger partial charge in [-0.3, -0.25) is 0 Å². The van der Waals surface area contributed by atoms with Crippen molar-refractivity contribution in [2.45, 2.75) is 12.7 Å². The Balaban J connectivity index is 2.12. The highest BCUT2D eigenvalue weighted by Crippen LogP contribution is 2.38. The molecule has 0 radical (unpaired) electrons. The Kier molecular flexibility index (Phi) is 3.56. The maximum atomic E-state index is 13.7. The Hall–Kier alpha value is -2.13. The van der Waals surface area contributed by atoms with Crippen LogP contribution < -0.4 is 8.91 Å². The summed E-state index contributed by atoms with van der Waals surface area (Å²) >= 11 is 0. The lowest BCUT2D eigenvalue weighted by atomic mass is 10.00. The molecule has 1 aliphatic heterocycles. The second kappa shape index (κ2) is 5.20. The molecule has 2 aromatic rings. The molecule has 0 fully saturated rings. The molecule has 23 heavy (non-hydrogen) atoms. The first-order valence-corrected chi connectivity index (χ1v) is 7.76. The van der Waals surface area contributed by atoms with E-state index in [1.54, 1.807) is 0 Å². The number of hydrogen-bond donors (Lipinski definition) is 1. The minimum Gasteiger partial charge on any atom is -0.370 e. The molecule has 0 amide bonds. The van der Waals surface area contributed by atoms with Crippen molar-refractivity contribution in [2.24, 2.45) is 0 Å². The SMILES string of the molecule is O=S1(=O)NCc2cc(F)cc(-c3ccc(C(F)(F)F)cc3)c2O1. The highest BCUT2D eigenvalue weighted by Gasteiger charge is 2.31. The zero-order chi connectivity index (χ0) is 16.8. The number of fused-ring (bicyclic) bond motifs is 1. The van der Waals surface area contributed by atoms with Gasteiger partial charge in [-0.05, 0) is 29.8 Å². The van der Waals surface area contributed by atoms with Gasteiger partial charge in [0.15, 0.2) is 5.75 Å². The maximum absolute atomic E-state index is 13.7. The summed E-state index contributed by atoms with van der Waals surface area (Å²) in [5, 5.41) is 0. The van der Waals surface area contributed by atoms with Crippen molar-refractivity contribution in [3.8, 4) is 16.9 Å². The van der Waals surface area contributed by atoms with E-state index in [-0.39, 0.29) is 29.0 Å². The van der Waals surface area contributed by atoms with Crippen molar-refractivity contribution in [3.05, 3.63) is 53.3 Å². The fourth-order valence-corrected chi connectivity index (χ4v) is 3.05. The van der Waals surface area contributed by atoms with Crippen molar-refractivity contribution in [1.29, 1.82) is 0 Å². The fraction of sp³-hybridized carbons (Fsp3) is 0.143. The zero-order valence-corrected chi connectivity index (χ0v) is 12.1. The molecule has 3 rings (SSSR count). The van der Waals surface area contributed by atoms with E-state index in [1.807, 2.05) is 0 Å². The first-order valence-electron chi connectivity index (χ1n) is 6.35. The Morgan fingerprint density at radius 1 is 1.09 bits per heavy atom. The van der Waals surface area contributed by atoms with Gasteiger partial charge in [-0.15, -0.1) is 0 Å². The number of alkyl halides is 3. The molecule has 4 nitrogen and oxygen atoms in total. The van der Waals surface area contributed by atoms with Gasteiger partial charge in [0.1, 0.15) is 5.82 Å². The molecule has 1 heterocycles. The molecular formula is C14H9F4NO3S. The summed E-state index contributed by atoms with van der Waals surface area (Å²) < 4.78 is 81.4. The van der Waals surface area contributed by atoms with Crippen LogP contribution in [-0.2, 0) is 23.0 Å². The molecule has 0 spiro atoms. The quantitative estimate of drug-likeness (QED) is 0.806. The molecule has 0 unspecified atom stereocenters. The summed E-state index contributed by atoms with van der Waals surface area (Å²) in [6.07, 6.45) is -4.50. The van der Waals surface area contributed by atoms with Gasteiger partial charge < -0.3 is 4.18 Å².